The van der Waals surface area contributed by atoms with Gasteiger partial charge in [-0.25, -0.2) is 0 Å². The van der Waals surface area contributed by atoms with Crippen molar-refractivity contribution in [2.24, 2.45) is 5.92 Å². The van der Waals surface area contributed by atoms with Crippen LogP contribution in [-0.4, -0.2) is 25.8 Å². The molecule has 0 radical (unpaired) electrons. The van der Waals surface area contributed by atoms with E-state index in [2.05, 4.69) is 33.0 Å². The van der Waals surface area contributed by atoms with Crippen molar-refractivity contribution < 1.29 is 4.74 Å². The molecule has 0 aliphatic carbocycles. The van der Waals surface area contributed by atoms with E-state index in [1.54, 1.807) is 0 Å². The van der Waals surface area contributed by atoms with Gasteiger partial charge < -0.3 is 10.1 Å². The van der Waals surface area contributed by atoms with Gasteiger partial charge in [0.2, 0.25) is 0 Å². The van der Waals surface area contributed by atoms with Crippen LogP contribution in [0.5, 0.6) is 0 Å². The summed E-state index contributed by atoms with van der Waals surface area (Å²) in [6.07, 6.45) is 0.308. The van der Waals surface area contributed by atoms with Crippen LogP contribution < -0.4 is 5.32 Å². The van der Waals surface area contributed by atoms with Crippen LogP contribution in [0.2, 0.25) is 0 Å². The zero-order valence-corrected chi connectivity index (χ0v) is 8.35. The summed E-state index contributed by atoms with van der Waals surface area (Å²) in [7, 11) is 1.96. The number of likely N-dealkylation sites (N-methyl/N-ethyl adjacent to an activating group) is 1. The summed E-state index contributed by atoms with van der Waals surface area (Å²) >= 11 is 0. The minimum Gasteiger partial charge on any atom is -0.377 e. The summed E-state index contributed by atoms with van der Waals surface area (Å²) in [4.78, 5) is 0. The van der Waals surface area contributed by atoms with Crippen molar-refractivity contribution in [2.75, 3.05) is 13.7 Å². The number of rotatable bonds is 5. The van der Waals surface area contributed by atoms with Gasteiger partial charge in [-0.15, -0.1) is 0 Å². The lowest BCUT2D eigenvalue weighted by Crippen LogP contribution is -2.35. The first-order chi connectivity index (χ1) is 5.07. The van der Waals surface area contributed by atoms with Crippen molar-refractivity contribution in [3.8, 4) is 0 Å². The summed E-state index contributed by atoms with van der Waals surface area (Å²) in [5.41, 5.74) is 0. The fourth-order valence-corrected chi connectivity index (χ4v) is 0.723. The maximum absolute atomic E-state index is 5.59. The molecule has 0 saturated carbocycles. The number of nitrogens with one attached hydrogen (secondary N) is 1. The molecule has 2 nitrogen and oxygen atoms in total. The topological polar surface area (TPSA) is 21.3 Å². The fourth-order valence-electron chi connectivity index (χ4n) is 0.723. The Kier molecular flexibility index (Phi) is 5.51. The van der Waals surface area contributed by atoms with E-state index in [1.807, 2.05) is 7.05 Å². The summed E-state index contributed by atoms with van der Waals surface area (Å²) in [5.74, 6) is 0.626. The molecule has 1 N–H and O–H groups in total. The number of hydrogen-bond acceptors (Lipinski definition) is 2. The van der Waals surface area contributed by atoms with Gasteiger partial charge in [0.05, 0.1) is 6.10 Å². The van der Waals surface area contributed by atoms with Crippen molar-refractivity contribution in [1.82, 2.24) is 5.32 Å². The highest BCUT2D eigenvalue weighted by atomic mass is 16.5. The van der Waals surface area contributed by atoms with Crippen LogP contribution in [0.15, 0.2) is 0 Å². The van der Waals surface area contributed by atoms with Gasteiger partial charge in [-0.2, -0.15) is 0 Å². The fraction of sp³-hybridized carbons (Fsp3) is 1.00. The van der Waals surface area contributed by atoms with E-state index in [0.717, 1.165) is 6.61 Å². The van der Waals surface area contributed by atoms with Crippen LogP contribution in [0.1, 0.15) is 27.7 Å². The highest BCUT2D eigenvalue weighted by molar-refractivity contribution is 4.65. The van der Waals surface area contributed by atoms with Gasteiger partial charge in [-0.3, -0.25) is 0 Å². The SMILES string of the molecule is CNC(C)C(C)OCC(C)C. The van der Waals surface area contributed by atoms with Gasteiger partial charge in [0.1, 0.15) is 0 Å². The lowest BCUT2D eigenvalue weighted by Gasteiger charge is -2.20. The van der Waals surface area contributed by atoms with Gasteiger partial charge in [0.15, 0.2) is 0 Å². The average molecular weight is 159 g/mol. The predicted molar refractivity (Wildman–Crippen MR) is 48.8 cm³/mol. The van der Waals surface area contributed by atoms with E-state index < -0.39 is 0 Å². The lowest BCUT2D eigenvalue weighted by molar-refractivity contribution is 0.0290. The number of hydrogen-bond donors (Lipinski definition) is 1. The van der Waals surface area contributed by atoms with E-state index in [0.29, 0.717) is 18.1 Å². The van der Waals surface area contributed by atoms with Crippen molar-refractivity contribution in [1.29, 1.82) is 0 Å². The molecule has 0 spiro atoms. The molecule has 2 atom stereocenters. The Hall–Kier alpha value is -0.0800. The second-order valence-corrected chi connectivity index (χ2v) is 3.51. The summed E-state index contributed by atoms with van der Waals surface area (Å²) < 4.78 is 5.59. The van der Waals surface area contributed by atoms with Crippen molar-refractivity contribution in [2.45, 2.75) is 39.8 Å². The molecule has 68 valence electrons. The first-order valence-electron chi connectivity index (χ1n) is 4.36. The molecular formula is C9H21NO. The summed E-state index contributed by atoms with van der Waals surface area (Å²) in [5, 5.41) is 3.16. The first kappa shape index (κ1) is 10.9. The monoisotopic (exact) mass is 159 g/mol. The zero-order valence-electron chi connectivity index (χ0n) is 8.35. The Bertz CT molecular complexity index is 93.6. The molecule has 11 heavy (non-hydrogen) atoms. The maximum atomic E-state index is 5.59. The summed E-state index contributed by atoms with van der Waals surface area (Å²) in [6.45, 7) is 9.41. The molecule has 0 aromatic carbocycles. The second-order valence-electron chi connectivity index (χ2n) is 3.51. The Labute approximate surface area is 70.3 Å². The highest BCUT2D eigenvalue weighted by Gasteiger charge is 2.09. The molecule has 0 aromatic rings. The van der Waals surface area contributed by atoms with Crippen molar-refractivity contribution in [3.05, 3.63) is 0 Å². The normalized spacial score (nSPS) is 16.9. The van der Waals surface area contributed by atoms with Gasteiger partial charge >= 0.3 is 0 Å². The van der Waals surface area contributed by atoms with E-state index >= 15 is 0 Å². The molecule has 0 bridgehead atoms. The molecule has 0 fully saturated rings. The van der Waals surface area contributed by atoms with Crippen LogP contribution in [0.3, 0.4) is 0 Å². The van der Waals surface area contributed by atoms with E-state index in [-0.39, 0.29) is 0 Å². The largest absolute Gasteiger partial charge is 0.377 e. The van der Waals surface area contributed by atoms with E-state index in [1.165, 1.54) is 0 Å². The molecule has 0 amide bonds. The van der Waals surface area contributed by atoms with Crippen LogP contribution in [0, 0.1) is 5.92 Å². The molecular weight excluding hydrogens is 138 g/mol. The minimum absolute atomic E-state index is 0.308. The molecule has 2 heteroatoms. The van der Waals surface area contributed by atoms with Crippen molar-refractivity contribution in [3.63, 3.8) is 0 Å². The van der Waals surface area contributed by atoms with E-state index in [9.17, 15) is 0 Å². The van der Waals surface area contributed by atoms with Crippen LogP contribution in [0.4, 0.5) is 0 Å². The Morgan fingerprint density at radius 2 is 1.73 bits per heavy atom. The molecule has 0 heterocycles. The smallest absolute Gasteiger partial charge is 0.0697 e. The molecule has 0 aromatic heterocycles. The van der Waals surface area contributed by atoms with Gasteiger partial charge in [-0.05, 0) is 26.8 Å². The van der Waals surface area contributed by atoms with Crippen LogP contribution in [-0.2, 0) is 4.74 Å². The predicted octanol–water partition coefficient (Wildman–Crippen LogP) is 1.66. The molecule has 0 rings (SSSR count). The third kappa shape index (κ3) is 5.22. The van der Waals surface area contributed by atoms with Crippen LogP contribution >= 0.6 is 0 Å². The van der Waals surface area contributed by atoms with Gasteiger partial charge in [0, 0.05) is 12.6 Å². The van der Waals surface area contributed by atoms with Gasteiger partial charge in [0.25, 0.3) is 0 Å². The zero-order chi connectivity index (χ0) is 8.85. The third-order valence-electron chi connectivity index (χ3n) is 1.85. The highest BCUT2D eigenvalue weighted by Crippen LogP contribution is 2.01. The second kappa shape index (κ2) is 5.56. The lowest BCUT2D eigenvalue weighted by atomic mass is 10.2. The maximum Gasteiger partial charge on any atom is 0.0697 e. The molecule has 0 aliphatic rings. The Morgan fingerprint density at radius 3 is 2.09 bits per heavy atom. The minimum atomic E-state index is 0.308. The van der Waals surface area contributed by atoms with Crippen LogP contribution in [0.25, 0.3) is 0 Å². The molecule has 0 aliphatic heterocycles. The molecule has 2 unspecified atom stereocenters. The van der Waals surface area contributed by atoms with Crippen molar-refractivity contribution >= 4 is 0 Å². The standard InChI is InChI=1S/C9H21NO/c1-7(2)6-11-9(4)8(3)10-5/h7-10H,6H2,1-5H3. The Morgan fingerprint density at radius 1 is 1.18 bits per heavy atom. The van der Waals surface area contributed by atoms with Gasteiger partial charge in [-0.1, -0.05) is 13.8 Å². The number of ether oxygens (including phenoxy) is 1. The molecule has 0 saturated heterocycles. The quantitative estimate of drug-likeness (QED) is 0.658. The Balaban J connectivity index is 3.43. The summed E-state index contributed by atoms with van der Waals surface area (Å²) in [6, 6.07) is 0.439. The average Bonchev–Trinajstić information content (AvgIpc) is 1.98. The van der Waals surface area contributed by atoms with E-state index in [4.69, 9.17) is 4.74 Å². The first-order valence-corrected chi connectivity index (χ1v) is 4.36. The third-order valence-corrected chi connectivity index (χ3v) is 1.85.